The molecule has 0 bridgehead atoms. The number of unbranched alkanes of at least 4 members (excludes halogenated alkanes) is 1. The number of nitro groups is 1. The number of nitrogens with two attached hydrogens (primary N) is 1. The Labute approximate surface area is 350 Å². The molecule has 2 amide bonds. The van der Waals surface area contributed by atoms with E-state index in [-0.39, 0.29) is 41.2 Å². The van der Waals surface area contributed by atoms with Crippen LogP contribution in [0.4, 0.5) is 22.7 Å². The highest BCUT2D eigenvalue weighted by Crippen LogP contribution is 2.39. The zero-order valence-electron chi connectivity index (χ0n) is 33.6. The molecule has 2 aliphatic rings. The predicted molar refractivity (Wildman–Crippen MR) is 232 cm³/mol. The van der Waals surface area contributed by atoms with Crippen LogP contribution in [0.25, 0.3) is 11.1 Å². The molecule has 7 rings (SSSR count). The number of anilines is 3. The number of carbonyl (C=O) groups excluding carboxylic acids is 2. The normalized spacial score (nSPS) is 18.1. The number of ether oxygens (including phenoxy) is 2. The first kappa shape index (κ1) is 42.0. The molecule has 312 valence electrons. The fourth-order valence-electron chi connectivity index (χ4n) is 7.70. The Morgan fingerprint density at radius 3 is 2.18 bits per heavy atom. The van der Waals surface area contributed by atoms with Crippen molar-refractivity contribution in [2.45, 2.75) is 63.8 Å². The summed E-state index contributed by atoms with van der Waals surface area (Å²) in [7, 11) is 0. The number of hydrogen-bond acceptors (Lipinski definition) is 10. The number of amides is 2. The molecular weight excluding hydrogens is 761 g/mol. The Hall–Kier alpha value is -6.12. The summed E-state index contributed by atoms with van der Waals surface area (Å²) in [5.74, 6) is -0.194. The lowest BCUT2D eigenvalue weighted by molar-refractivity contribution is -0.384. The van der Waals surface area contributed by atoms with Crippen molar-refractivity contribution in [3.8, 4) is 11.1 Å². The summed E-state index contributed by atoms with van der Waals surface area (Å²) in [6.45, 7) is 4.34. The van der Waals surface area contributed by atoms with Gasteiger partial charge in [-0.15, -0.1) is 0 Å². The third-order valence-corrected chi connectivity index (χ3v) is 11.1. The van der Waals surface area contributed by atoms with Gasteiger partial charge in [-0.1, -0.05) is 72.8 Å². The van der Waals surface area contributed by atoms with Crippen LogP contribution in [0.15, 0.2) is 121 Å². The number of aliphatic hydroxyl groups excluding tert-OH is 1. The van der Waals surface area contributed by atoms with Gasteiger partial charge in [0.05, 0.1) is 35.1 Å². The predicted octanol–water partition coefficient (Wildman–Crippen LogP) is 7.52. The lowest BCUT2D eigenvalue weighted by atomic mass is 9.98. The lowest BCUT2D eigenvalue weighted by Gasteiger charge is -2.41. The van der Waals surface area contributed by atoms with Gasteiger partial charge < -0.3 is 35.8 Å². The average molecular weight is 813 g/mol. The van der Waals surface area contributed by atoms with Gasteiger partial charge in [0.1, 0.15) is 0 Å². The van der Waals surface area contributed by atoms with Gasteiger partial charge in [-0.3, -0.25) is 24.6 Å². The van der Waals surface area contributed by atoms with Gasteiger partial charge in [0.2, 0.25) is 11.8 Å². The first-order chi connectivity index (χ1) is 29.2. The molecule has 5 aromatic rings. The molecule has 0 aliphatic carbocycles. The van der Waals surface area contributed by atoms with Crippen LogP contribution in [-0.2, 0) is 32.2 Å². The number of non-ortho nitro benzene ring substituents is 1. The van der Waals surface area contributed by atoms with E-state index in [2.05, 4.69) is 38.6 Å². The molecule has 0 saturated carbocycles. The summed E-state index contributed by atoms with van der Waals surface area (Å²) in [5.41, 5.74) is 13.8. The molecule has 13 heteroatoms. The number of piperazine rings is 1. The standard InChI is InChI=1S/C47H52N6O7/c48-42-11-1-2-12-43(42)50-46(56)14-4-3-13-45(55)49-30-34-7-5-8-36(27-34)37-9-6-10-38(28-37)47-59-41(29-44(60-47)35-17-15-33(32-54)16-18-35)31-51-23-25-52(26-24-51)39-19-21-40(22-20-39)53(57)58/h1-2,5-12,15-22,27-28,41,44,47,54H,3-4,13-14,23-26,29-32,48H2,(H,49,55)(H,50,56). The number of hydrogen-bond donors (Lipinski definition) is 4. The first-order valence-electron chi connectivity index (χ1n) is 20.5. The maximum atomic E-state index is 12.7. The number of benzene rings is 5. The van der Waals surface area contributed by atoms with E-state index in [4.69, 9.17) is 15.2 Å². The van der Waals surface area contributed by atoms with E-state index in [1.165, 1.54) is 0 Å². The number of aliphatic hydroxyl groups is 1. The number of nitrogen functional groups attached to an aromatic ring is 1. The Morgan fingerprint density at radius 1 is 0.767 bits per heavy atom. The van der Waals surface area contributed by atoms with E-state index in [0.717, 1.165) is 71.8 Å². The molecule has 2 heterocycles. The fraction of sp³-hybridized carbons (Fsp3) is 0.319. The second-order valence-corrected chi connectivity index (χ2v) is 15.4. The van der Waals surface area contributed by atoms with E-state index in [1.807, 2.05) is 78.9 Å². The van der Waals surface area contributed by atoms with Crippen LogP contribution < -0.4 is 21.3 Å². The average Bonchev–Trinajstić information content (AvgIpc) is 3.28. The third kappa shape index (κ3) is 11.3. The zero-order chi connectivity index (χ0) is 41.8. The van der Waals surface area contributed by atoms with Gasteiger partial charge >= 0.3 is 0 Å². The minimum atomic E-state index is -0.613. The number of rotatable bonds is 16. The highest BCUT2D eigenvalue weighted by molar-refractivity contribution is 5.93. The molecule has 0 aromatic heterocycles. The molecule has 2 fully saturated rings. The molecule has 60 heavy (non-hydrogen) atoms. The summed E-state index contributed by atoms with van der Waals surface area (Å²) in [4.78, 5) is 40.4. The van der Waals surface area contributed by atoms with Crippen LogP contribution in [-0.4, -0.2) is 65.6 Å². The van der Waals surface area contributed by atoms with Crippen molar-refractivity contribution in [3.63, 3.8) is 0 Å². The second-order valence-electron chi connectivity index (χ2n) is 15.4. The minimum Gasteiger partial charge on any atom is -0.397 e. The van der Waals surface area contributed by atoms with Crippen LogP contribution in [0.5, 0.6) is 0 Å². The third-order valence-electron chi connectivity index (χ3n) is 11.1. The summed E-state index contributed by atoms with van der Waals surface area (Å²) >= 11 is 0. The first-order valence-corrected chi connectivity index (χ1v) is 20.5. The molecule has 0 radical (unpaired) electrons. The Balaban J connectivity index is 0.951. The second kappa shape index (κ2) is 20.2. The van der Waals surface area contributed by atoms with Crippen molar-refractivity contribution in [1.82, 2.24) is 10.2 Å². The van der Waals surface area contributed by atoms with Gasteiger partial charge in [-0.2, -0.15) is 0 Å². The number of nitrogens with one attached hydrogen (secondary N) is 2. The Morgan fingerprint density at radius 2 is 1.47 bits per heavy atom. The van der Waals surface area contributed by atoms with Crippen LogP contribution in [0, 0.1) is 10.1 Å². The molecule has 2 saturated heterocycles. The van der Waals surface area contributed by atoms with Gasteiger partial charge in [0.25, 0.3) is 5.69 Å². The zero-order valence-corrected chi connectivity index (χ0v) is 33.6. The van der Waals surface area contributed by atoms with Crippen molar-refractivity contribution in [1.29, 1.82) is 0 Å². The van der Waals surface area contributed by atoms with E-state index < -0.39 is 6.29 Å². The minimum absolute atomic E-state index is 0.0274. The molecular formula is C47H52N6O7. The molecule has 5 aromatic carbocycles. The smallest absolute Gasteiger partial charge is 0.269 e. The van der Waals surface area contributed by atoms with E-state index in [9.17, 15) is 24.8 Å². The van der Waals surface area contributed by atoms with E-state index in [1.54, 1.807) is 24.3 Å². The monoisotopic (exact) mass is 812 g/mol. The Kier molecular flexibility index (Phi) is 14.2. The molecule has 13 nitrogen and oxygen atoms in total. The van der Waals surface area contributed by atoms with Crippen LogP contribution in [0.2, 0.25) is 0 Å². The lowest BCUT2D eigenvalue weighted by Crippen LogP contribution is -2.49. The number of nitrogens with zero attached hydrogens (tertiary/aromatic N) is 3. The van der Waals surface area contributed by atoms with Crippen LogP contribution in [0.3, 0.4) is 0 Å². The highest BCUT2D eigenvalue weighted by Gasteiger charge is 2.34. The van der Waals surface area contributed by atoms with Crippen LogP contribution >= 0.6 is 0 Å². The topological polar surface area (TPSA) is 173 Å². The number of para-hydroxylation sites is 2. The maximum absolute atomic E-state index is 12.7. The SMILES string of the molecule is Nc1ccccc1NC(=O)CCCCC(=O)NCc1cccc(-c2cccc(C3OC(CN4CCN(c5ccc([N+](=O)[O-])cc5)CC4)CC(c4ccc(CO)cc4)O3)c2)c1. The number of carbonyl (C=O) groups is 2. The van der Waals surface area contributed by atoms with Crippen molar-refractivity contribution in [2.75, 3.05) is 48.7 Å². The summed E-state index contributed by atoms with van der Waals surface area (Å²) in [6.07, 6.45) is 1.55. The van der Waals surface area contributed by atoms with Crippen molar-refractivity contribution in [3.05, 3.63) is 154 Å². The Bertz CT molecular complexity index is 2230. The summed E-state index contributed by atoms with van der Waals surface area (Å²) in [6, 6.07) is 38.0. The summed E-state index contributed by atoms with van der Waals surface area (Å²) in [5, 5.41) is 26.6. The van der Waals surface area contributed by atoms with E-state index >= 15 is 0 Å². The molecule has 5 N–H and O–H groups in total. The van der Waals surface area contributed by atoms with E-state index in [0.29, 0.717) is 50.0 Å². The fourth-order valence-corrected chi connectivity index (χ4v) is 7.70. The quantitative estimate of drug-likeness (QED) is 0.0338. The van der Waals surface area contributed by atoms with Crippen LogP contribution in [0.1, 0.15) is 66.8 Å². The largest absolute Gasteiger partial charge is 0.397 e. The summed E-state index contributed by atoms with van der Waals surface area (Å²) < 4.78 is 13.4. The molecule has 0 spiro atoms. The van der Waals surface area contributed by atoms with Crippen molar-refractivity contribution in [2.24, 2.45) is 0 Å². The highest BCUT2D eigenvalue weighted by atomic mass is 16.7. The molecule has 3 unspecified atom stereocenters. The molecule has 3 atom stereocenters. The van der Waals surface area contributed by atoms with Crippen molar-refractivity contribution < 1.29 is 29.1 Å². The van der Waals surface area contributed by atoms with Gasteiger partial charge in [-0.25, -0.2) is 0 Å². The van der Waals surface area contributed by atoms with Gasteiger partial charge in [-0.05, 0) is 77.1 Å². The number of nitro benzene ring substituents is 1. The molecule has 2 aliphatic heterocycles. The van der Waals surface area contributed by atoms with Gasteiger partial charge in [0.15, 0.2) is 6.29 Å². The van der Waals surface area contributed by atoms with Crippen molar-refractivity contribution >= 4 is 34.6 Å². The maximum Gasteiger partial charge on any atom is 0.269 e. The van der Waals surface area contributed by atoms with Gasteiger partial charge in [0, 0.05) is 81.9 Å².